The van der Waals surface area contributed by atoms with Crippen LogP contribution in [0.15, 0.2) is 53.3 Å². The smallest absolute Gasteiger partial charge is 0.265 e. The van der Waals surface area contributed by atoms with Crippen LogP contribution in [-0.4, -0.2) is 19.8 Å². The average Bonchev–Trinajstić information content (AvgIpc) is 3.01. The molecule has 8 heteroatoms. The van der Waals surface area contributed by atoms with Crippen molar-refractivity contribution in [3.05, 3.63) is 68.9 Å². The van der Waals surface area contributed by atoms with E-state index in [0.29, 0.717) is 31.1 Å². The monoisotopic (exact) mass is 374 g/mol. The van der Waals surface area contributed by atoms with Gasteiger partial charge in [0, 0.05) is 16.1 Å². The van der Waals surface area contributed by atoms with Gasteiger partial charge < -0.3 is 0 Å². The number of nitrogens with zero attached hydrogens (tertiary/aromatic N) is 4. The van der Waals surface area contributed by atoms with Crippen molar-refractivity contribution >= 4 is 39.5 Å². The maximum Gasteiger partial charge on any atom is 0.302 e. The van der Waals surface area contributed by atoms with Crippen molar-refractivity contribution in [1.82, 2.24) is 19.8 Å². The lowest BCUT2D eigenvalue weighted by atomic mass is 10.2. The second-order valence-corrected chi connectivity index (χ2v) is 6.75. The zero-order valence-electron chi connectivity index (χ0n) is 12.0. The first-order chi connectivity index (χ1) is 11.6. The molecule has 0 atom stereocenters. The summed E-state index contributed by atoms with van der Waals surface area (Å²) >= 11 is 13.4. The standard InChI is InChI=1S/C16H8Cl2N4OS/c17-10-6-7-11(12(18)8-10)14-21-22-15(23)13(19-20-16(22)24-14)9-4-2-1-3-5-9/h1-8H. The third kappa shape index (κ3) is 2.58. The van der Waals surface area contributed by atoms with Gasteiger partial charge in [0.05, 0.1) is 5.02 Å². The molecule has 0 radical (unpaired) electrons. The molecule has 0 saturated carbocycles. The molecule has 24 heavy (non-hydrogen) atoms. The Labute approximate surface area is 150 Å². The highest BCUT2D eigenvalue weighted by atomic mass is 35.5. The lowest BCUT2D eigenvalue weighted by molar-refractivity contribution is 0.862. The molecule has 0 aliphatic heterocycles. The molecule has 0 aliphatic carbocycles. The Morgan fingerprint density at radius 1 is 1.00 bits per heavy atom. The van der Waals surface area contributed by atoms with Gasteiger partial charge in [0.15, 0.2) is 5.69 Å². The van der Waals surface area contributed by atoms with E-state index in [1.165, 1.54) is 15.9 Å². The van der Waals surface area contributed by atoms with Gasteiger partial charge in [0.2, 0.25) is 4.96 Å². The fourth-order valence-electron chi connectivity index (χ4n) is 2.26. The Morgan fingerprint density at radius 2 is 1.79 bits per heavy atom. The second kappa shape index (κ2) is 5.98. The highest BCUT2D eigenvalue weighted by Crippen LogP contribution is 2.32. The molecule has 0 fully saturated rings. The fourth-order valence-corrected chi connectivity index (χ4v) is 3.69. The number of aromatic nitrogens is 4. The molecule has 0 aliphatic rings. The zero-order valence-corrected chi connectivity index (χ0v) is 14.3. The van der Waals surface area contributed by atoms with Gasteiger partial charge in [-0.15, -0.1) is 10.2 Å². The summed E-state index contributed by atoms with van der Waals surface area (Å²) in [5, 5.41) is 14.1. The van der Waals surface area contributed by atoms with E-state index >= 15 is 0 Å². The first kappa shape index (κ1) is 15.3. The van der Waals surface area contributed by atoms with E-state index in [2.05, 4.69) is 15.3 Å². The summed E-state index contributed by atoms with van der Waals surface area (Å²) in [7, 11) is 0. The van der Waals surface area contributed by atoms with Crippen LogP contribution in [-0.2, 0) is 0 Å². The van der Waals surface area contributed by atoms with Gasteiger partial charge in [0.1, 0.15) is 5.01 Å². The molecule has 0 bridgehead atoms. The molecule has 0 amide bonds. The first-order valence-electron chi connectivity index (χ1n) is 6.91. The lowest BCUT2D eigenvalue weighted by Gasteiger charge is -1.99. The van der Waals surface area contributed by atoms with E-state index in [1.54, 1.807) is 30.3 Å². The Morgan fingerprint density at radius 3 is 2.54 bits per heavy atom. The Bertz CT molecular complexity index is 1110. The second-order valence-electron chi connectivity index (χ2n) is 4.95. The van der Waals surface area contributed by atoms with Crippen molar-refractivity contribution in [1.29, 1.82) is 0 Å². The average molecular weight is 375 g/mol. The molecule has 2 heterocycles. The number of rotatable bonds is 2. The van der Waals surface area contributed by atoms with Crippen LogP contribution in [0.25, 0.3) is 26.8 Å². The van der Waals surface area contributed by atoms with Crippen LogP contribution in [0.5, 0.6) is 0 Å². The molecule has 5 nitrogen and oxygen atoms in total. The number of benzene rings is 2. The van der Waals surface area contributed by atoms with Crippen LogP contribution in [0, 0.1) is 0 Å². The number of fused-ring (bicyclic) bond motifs is 1. The van der Waals surface area contributed by atoms with E-state index in [4.69, 9.17) is 23.2 Å². The highest BCUT2D eigenvalue weighted by molar-refractivity contribution is 7.19. The number of hydrogen-bond acceptors (Lipinski definition) is 5. The van der Waals surface area contributed by atoms with E-state index in [1.807, 2.05) is 18.2 Å². The van der Waals surface area contributed by atoms with Crippen LogP contribution in [0.4, 0.5) is 0 Å². The van der Waals surface area contributed by atoms with E-state index < -0.39 is 0 Å². The van der Waals surface area contributed by atoms with Gasteiger partial charge in [0.25, 0.3) is 0 Å². The summed E-state index contributed by atoms with van der Waals surface area (Å²) in [5.74, 6) is 0. The topological polar surface area (TPSA) is 60.2 Å². The van der Waals surface area contributed by atoms with Crippen LogP contribution in [0.3, 0.4) is 0 Å². The third-order valence-electron chi connectivity index (χ3n) is 3.40. The quantitative estimate of drug-likeness (QED) is 0.527. The normalized spacial score (nSPS) is 11.1. The Balaban J connectivity index is 1.90. The molecule has 0 N–H and O–H groups in total. The molecule has 4 rings (SSSR count). The minimum Gasteiger partial charge on any atom is -0.265 e. The minimum absolute atomic E-state index is 0.257. The number of hydrogen-bond donors (Lipinski definition) is 0. The third-order valence-corrected chi connectivity index (χ3v) is 4.88. The summed E-state index contributed by atoms with van der Waals surface area (Å²) in [6.45, 7) is 0. The van der Waals surface area contributed by atoms with E-state index in [9.17, 15) is 4.79 Å². The maximum atomic E-state index is 12.7. The van der Waals surface area contributed by atoms with Gasteiger partial charge in [-0.1, -0.05) is 64.9 Å². The van der Waals surface area contributed by atoms with Crippen molar-refractivity contribution in [3.63, 3.8) is 0 Å². The fraction of sp³-hybridized carbons (Fsp3) is 0. The zero-order chi connectivity index (χ0) is 16.7. The van der Waals surface area contributed by atoms with Gasteiger partial charge >= 0.3 is 5.56 Å². The molecular formula is C16H8Cl2N4OS. The van der Waals surface area contributed by atoms with Crippen molar-refractivity contribution in [2.24, 2.45) is 0 Å². The Hall–Kier alpha value is -2.28. The largest absolute Gasteiger partial charge is 0.302 e. The van der Waals surface area contributed by atoms with Crippen molar-refractivity contribution in [3.8, 4) is 21.8 Å². The van der Waals surface area contributed by atoms with Gasteiger partial charge in [-0.2, -0.15) is 9.61 Å². The van der Waals surface area contributed by atoms with Crippen LogP contribution in [0.2, 0.25) is 10.0 Å². The molecule has 0 saturated heterocycles. The molecule has 2 aromatic heterocycles. The molecule has 0 unspecified atom stereocenters. The minimum atomic E-state index is -0.321. The van der Waals surface area contributed by atoms with Gasteiger partial charge in [-0.05, 0) is 18.2 Å². The highest BCUT2D eigenvalue weighted by Gasteiger charge is 2.15. The molecule has 4 aromatic rings. The SMILES string of the molecule is O=c1c(-c2ccccc2)nnc2sc(-c3ccc(Cl)cc3Cl)nn12. The van der Waals surface area contributed by atoms with Crippen LogP contribution in [0.1, 0.15) is 0 Å². The summed E-state index contributed by atoms with van der Waals surface area (Å²) in [6.07, 6.45) is 0. The predicted molar refractivity (Wildman–Crippen MR) is 95.8 cm³/mol. The predicted octanol–water partition coefficient (Wildman–Crippen LogP) is 4.19. The van der Waals surface area contributed by atoms with Gasteiger partial charge in [-0.25, -0.2) is 0 Å². The summed E-state index contributed by atoms with van der Waals surface area (Å²) in [4.78, 5) is 13.1. The summed E-state index contributed by atoms with van der Waals surface area (Å²) in [6, 6.07) is 14.3. The first-order valence-corrected chi connectivity index (χ1v) is 8.48. The number of halogens is 2. The molecule has 0 spiro atoms. The Kier molecular flexibility index (Phi) is 3.80. The van der Waals surface area contributed by atoms with E-state index in [-0.39, 0.29) is 11.3 Å². The van der Waals surface area contributed by atoms with Gasteiger partial charge in [-0.3, -0.25) is 4.79 Å². The summed E-state index contributed by atoms with van der Waals surface area (Å²) in [5.41, 5.74) is 1.33. The maximum absolute atomic E-state index is 12.7. The van der Waals surface area contributed by atoms with Crippen LogP contribution >= 0.6 is 34.5 Å². The van der Waals surface area contributed by atoms with Crippen LogP contribution < -0.4 is 5.56 Å². The van der Waals surface area contributed by atoms with Crippen molar-refractivity contribution < 1.29 is 0 Å². The molecule has 118 valence electrons. The lowest BCUT2D eigenvalue weighted by Crippen LogP contribution is -2.19. The van der Waals surface area contributed by atoms with Crippen molar-refractivity contribution in [2.45, 2.75) is 0 Å². The molecular weight excluding hydrogens is 367 g/mol. The summed E-state index contributed by atoms with van der Waals surface area (Å²) < 4.78 is 1.25. The van der Waals surface area contributed by atoms with E-state index in [0.717, 1.165) is 0 Å². The van der Waals surface area contributed by atoms with Crippen molar-refractivity contribution in [2.75, 3.05) is 0 Å². The molecule has 2 aromatic carbocycles.